The van der Waals surface area contributed by atoms with Crippen LogP contribution in [0.15, 0.2) is 67.3 Å². The quantitative estimate of drug-likeness (QED) is 0.741. The van der Waals surface area contributed by atoms with E-state index in [0.29, 0.717) is 18.2 Å². The largest absolute Gasteiger partial charge is 0.371 e. The molecule has 29 heavy (non-hydrogen) atoms. The fourth-order valence-corrected chi connectivity index (χ4v) is 4.31. The van der Waals surface area contributed by atoms with E-state index in [0.717, 1.165) is 25.2 Å². The van der Waals surface area contributed by atoms with Gasteiger partial charge in [0.1, 0.15) is 12.7 Å². The maximum atomic E-state index is 13.0. The summed E-state index contributed by atoms with van der Waals surface area (Å²) in [5.74, 6) is -0.0820. The van der Waals surface area contributed by atoms with Gasteiger partial charge in [-0.15, -0.1) is 0 Å². The van der Waals surface area contributed by atoms with E-state index in [1.165, 1.54) is 11.9 Å². The number of amides is 1. The number of carbonyl (C=O) groups is 1. The molecule has 5 rings (SSSR count). The van der Waals surface area contributed by atoms with Gasteiger partial charge in [0.2, 0.25) is 0 Å². The lowest BCUT2D eigenvalue weighted by Gasteiger charge is -2.35. The molecule has 0 radical (unpaired) electrons. The Morgan fingerprint density at radius 1 is 1.07 bits per heavy atom. The first-order chi connectivity index (χ1) is 14.3. The van der Waals surface area contributed by atoms with Crippen LogP contribution < -0.4 is 5.32 Å². The normalized spacial score (nSPS) is 24.2. The van der Waals surface area contributed by atoms with Gasteiger partial charge < -0.3 is 10.1 Å². The zero-order valence-corrected chi connectivity index (χ0v) is 16.0. The lowest BCUT2D eigenvalue weighted by molar-refractivity contribution is -0.0502. The zero-order chi connectivity index (χ0) is 19.6. The number of nitrogens with zero attached hydrogens (tertiary/aromatic N) is 4. The van der Waals surface area contributed by atoms with Crippen LogP contribution in [0.1, 0.15) is 28.4 Å². The van der Waals surface area contributed by atoms with Crippen LogP contribution in [0.3, 0.4) is 0 Å². The van der Waals surface area contributed by atoms with Gasteiger partial charge in [-0.05, 0) is 24.1 Å². The van der Waals surface area contributed by atoms with E-state index in [-0.39, 0.29) is 18.1 Å². The molecule has 7 heteroatoms. The Labute approximate surface area is 169 Å². The smallest absolute Gasteiger partial charge is 0.253 e. The molecule has 3 aromatic rings. The van der Waals surface area contributed by atoms with Gasteiger partial charge in [-0.2, -0.15) is 5.10 Å². The number of rotatable bonds is 4. The van der Waals surface area contributed by atoms with Crippen molar-refractivity contribution in [2.75, 3.05) is 19.7 Å². The van der Waals surface area contributed by atoms with Crippen molar-refractivity contribution in [3.8, 4) is 5.69 Å². The number of ether oxygens (including phenoxy) is 1. The molecule has 2 aromatic carbocycles. The van der Waals surface area contributed by atoms with E-state index < -0.39 is 0 Å². The highest BCUT2D eigenvalue weighted by molar-refractivity contribution is 5.97. The molecule has 2 aliphatic rings. The number of hydrogen-bond acceptors (Lipinski definition) is 5. The van der Waals surface area contributed by atoms with E-state index in [9.17, 15) is 4.79 Å². The van der Waals surface area contributed by atoms with Crippen molar-refractivity contribution in [3.05, 3.63) is 78.4 Å². The molecule has 3 heterocycles. The Hall–Kier alpha value is -3.03. The van der Waals surface area contributed by atoms with E-state index in [1.807, 2.05) is 42.5 Å². The average molecular weight is 389 g/mol. The van der Waals surface area contributed by atoms with Gasteiger partial charge in [0.25, 0.3) is 5.91 Å². The molecule has 1 amide bonds. The van der Waals surface area contributed by atoms with Crippen LogP contribution in [0, 0.1) is 0 Å². The molecule has 1 aromatic heterocycles. The summed E-state index contributed by atoms with van der Waals surface area (Å²) in [6.45, 7) is 2.40. The molecule has 0 unspecified atom stereocenters. The second-order valence-electron chi connectivity index (χ2n) is 7.60. The second kappa shape index (κ2) is 7.77. The van der Waals surface area contributed by atoms with Gasteiger partial charge in [-0.1, -0.05) is 42.5 Å². The lowest BCUT2D eigenvalue weighted by atomic mass is 10.1. The number of carbonyl (C=O) groups excluding carboxylic acids is 1. The Kier molecular flexibility index (Phi) is 4.83. The Bertz CT molecular complexity index is 976. The molecule has 148 valence electrons. The standard InChI is InChI=1S/C22H23N5O2/c28-22(19-8-4-5-9-20(19)27-15-23-14-24-27)25-17-10-18-13-29-21(12-26(18)11-17)16-6-2-1-3-7-16/h1-9,14-15,17-18,21H,10-13H2,(H,25,28)/t17-,18-,21+/m0/s1. The molecule has 0 saturated carbocycles. The van der Waals surface area contributed by atoms with Crippen molar-refractivity contribution < 1.29 is 9.53 Å². The van der Waals surface area contributed by atoms with E-state index in [4.69, 9.17) is 4.74 Å². The van der Waals surface area contributed by atoms with Crippen LogP contribution in [-0.2, 0) is 4.74 Å². The molecular weight excluding hydrogens is 366 g/mol. The third-order valence-electron chi connectivity index (χ3n) is 5.74. The molecule has 2 saturated heterocycles. The second-order valence-corrected chi connectivity index (χ2v) is 7.60. The molecule has 2 aliphatic heterocycles. The van der Waals surface area contributed by atoms with Gasteiger partial charge >= 0.3 is 0 Å². The average Bonchev–Trinajstić information content (AvgIpc) is 3.43. The third-order valence-corrected chi connectivity index (χ3v) is 5.74. The molecule has 0 spiro atoms. The summed E-state index contributed by atoms with van der Waals surface area (Å²) in [6.07, 6.45) is 4.06. The molecule has 3 atom stereocenters. The topological polar surface area (TPSA) is 72.3 Å². The van der Waals surface area contributed by atoms with Crippen molar-refractivity contribution in [2.24, 2.45) is 0 Å². The summed E-state index contributed by atoms with van der Waals surface area (Å²) in [4.78, 5) is 19.4. The van der Waals surface area contributed by atoms with Crippen molar-refractivity contribution in [1.82, 2.24) is 25.0 Å². The summed E-state index contributed by atoms with van der Waals surface area (Å²) < 4.78 is 7.73. The molecule has 1 N–H and O–H groups in total. The summed E-state index contributed by atoms with van der Waals surface area (Å²) in [7, 11) is 0. The first-order valence-corrected chi connectivity index (χ1v) is 9.93. The third kappa shape index (κ3) is 3.66. The van der Waals surface area contributed by atoms with Crippen molar-refractivity contribution in [1.29, 1.82) is 0 Å². The molecule has 0 aliphatic carbocycles. The number of aromatic nitrogens is 3. The summed E-state index contributed by atoms with van der Waals surface area (Å²) >= 11 is 0. The number of hydrogen-bond donors (Lipinski definition) is 1. The van der Waals surface area contributed by atoms with Gasteiger partial charge in [0.15, 0.2) is 0 Å². The maximum absolute atomic E-state index is 13.0. The zero-order valence-electron chi connectivity index (χ0n) is 16.0. The van der Waals surface area contributed by atoms with Crippen molar-refractivity contribution in [2.45, 2.75) is 24.6 Å². The number of fused-ring (bicyclic) bond motifs is 1. The minimum atomic E-state index is -0.0820. The fourth-order valence-electron chi connectivity index (χ4n) is 4.31. The van der Waals surface area contributed by atoms with Gasteiger partial charge in [-0.3, -0.25) is 9.69 Å². The Morgan fingerprint density at radius 2 is 1.90 bits per heavy atom. The van der Waals surface area contributed by atoms with Crippen molar-refractivity contribution in [3.63, 3.8) is 0 Å². The van der Waals surface area contributed by atoms with E-state index >= 15 is 0 Å². The summed E-state index contributed by atoms with van der Waals surface area (Å²) in [5.41, 5.74) is 2.53. The lowest BCUT2D eigenvalue weighted by Crippen LogP contribution is -2.43. The first-order valence-electron chi connectivity index (χ1n) is 9.93. The monoisotopic (exact) mass is 389 g/mol. The summed E-state index contributed by atoms with van der Waals surface area (Å²) in [5, 5.41) is 7.37. The predicted molar refractivity (Wildman–Crippen MR) is 108 cm³/mol. The highest BCUT2D eigenvalue weighted by Crippen LogP contribution is 2.30. The van der Waals surface area contributed by atoms with Crippen LogP contribution in [-0.4, -0.2) is 57.4 Å². The van der Waals surface area contributed by atoms with Crippen molar-refractivity contribution >= 4 is 5.91 Å². The number of para-hydroxylation sites is 1. The number of morpholine rings is 1. The molecule has 2 fully saturated rings. The van der Waals surface area contributed by atoms with Gasteiger partial charge in [0.05, 0.1) is 24.0 Å². The minimum Gasteiger partial charge on any atom is -0.371 e. The van der Waals surface area contributed by atoms with E-state index in [2.05, 4.69) is 32.4 Å². The maximum Gasteiger partial charge on any atom is 0.253 e. The Balaban J connectivity index is 1.26. The van der Waals surface area contributed by atoms with Crippen LogP contribution in [0.4, 0.5) is 0 Å². The van der Waals surface area contributed by atoms with E-state index in [1.54, 1.807) is 11.0 Å². The number of benzene rings is 2. The van der Waals surface area contributed by atoms with Gasteiger partial charge in [0, 0.05) is 25.2 Å². The van der Waals surface area contributed by atoms with Gasteiger partial charge in [-0.25, -0.2) is 9.67 Å². The number of nitrogens with one attached hydrogen (secondary N) is 1. The Morgan fingerprint density at radius 3 is 2.72 bits per heavy atom. The predicted octanol–water partition coefficient (Wildman–Crippen LogP) is 2.21. The highest BCUT2D eigenvalue weighted by Gasteiger charge is 2.38. The SMILES string of the molecule is O=C(N[C@H]1C[C@H]2CO[C@@H](c3ccccc3)CN2C1)c1ccccc1-n1cncn1. The summed E-state index contributed by atoms with van der Waals surface area (Å²) in [6, 6.07) is 18.3. The first kappa shape index (κ1) is 18.0. The molecule has 0 bridgehead atoms. The molecular formula is C22H23N5O2. The van der Waals surface area contributed by atoms with Crippen LogP contribution in [0.25, 0.3) is 5.69 Å². The minimum absolute atomic E-state index is 0.0820. The van der Waals surface area contributed by atoms with Crippen LogP contribution in [0.5, 0.6) is 0 Å². The van der Waals surface area contributed by atoms with Crippen LogP contribution >= 0.6 is 0 Å². The van der Waals surface area contributed by atoms with Crippen LogP contribution in [0.2, 0.25) is 0 Å². The highest BCUT2D eigenvalue weighted by atomic mass is 16.5. The molecule has 7 nitrogen and oxygen atoms in total. The fraction of sp³-hybridized carbons (Fsp3) is 0.318.